The molecule has 0 saturated heterocycles. The third kappa shape index (κ3) is 4.31. The average molecular weight is 322 g/mol. The molecule has 4 nitrogen and oxygen atoms in total. The van der Waals surface area contributed by atoms with E-state index in [4.69, 9.17) is 11.6 Å². The molecule has 1 aromatic heterocycles. The molecule has 1 amide bonds. The highest BCUT2D eigenvalue weighted by Crippen LogP contribution is 2.26. The molecule has 2 N–H and O–H groups in total. The van der Waals surface area contributed by atoms with Gasteiger partial charge in [0.05, 0.1) is 5.69 Å². The van der Waals surface area contributed by atoms with E-state index >= 15 is 0 Å². The lowest BCUT2D eigenvalue weighted by Crippen LogP contribution is -2.20. The van der Waals surface area contributed by atoms with Gasteiger partial charge >= 0.3 is 0 Å². The molecular formula is C15H16ClN3OS. The largest absolute Gasteiger partial charge is 0.358 e. The zero-order chi connectivity index (χ0) is 15.2. The van der Waals surface area contributed by atoms with Crippen LogP contribution in [0.2, 0.25) is 0 Å². The summed E-state index contributed by atoms with van der Waals surface area (Å²) in [7, 11) is 0. The first-order valence-corrected chi connectivity index (χ1v) is 7.77. The van der Waals surface area contributed by atoms with Crippen molar-refractivity contribution in [1.82, 2.24) is 4.98 Å². The summed E-state index contributed by atoms with van der Waals surface area (Å²) < 4.78 is 0. The first-order chi connectivity index (χ1) is 10.1. The lowest BCUT2D eigenvalue weighted by Gasteiger charge is -2.07. The number of carbonyl (C=O) groups excluding carboxylic acids is 1. The van der Waals surface area contributed by atoms with Crippen molar-refractivity contribution in [2.24, 2.45) is 0 Å². The minimum Gasteiger partial charge on any atom is -0.358 e. The molecule has 0 aliphatic rings. The predicted molar refractivity (Wildman–Crippen MR) is 90.2 cm³/mol. The van der Waals surface area contributed by atoms with E-state index in [0.717, 1.165) is 16.4 Å². The SMILES string of the molecule is C=CCNc1nc(-c2cccc(NC(=O)C(C)Cl)c2)cs1. The number of anilines is 2. The fourth-order valence-electron chi connectivity index (χ4n) is 1.64. The Morgan fingerprint density at radius 2 is 2.38 bits per heavy atom. The lowest BCUT2D eigenvalue weighted by atomic mass is 10.1. The van der Waals surface area contributed by atoms with Gasteiger partial charge in [-0.05, 0) is 19.1 Å². The summed E-state index contributed by atoms with van der Waals surface area (Å²) in [5.74, 6) is -0.222. The summed E-state index contributed by atoms with van der Waals surface area (Å²) in [6.07, 6.45) is 1.78. The molecule has 0 saturated carbocycles. The van der Waals surface area contributed by atoms with Crippen LogP contribution in [0.25, 0.3) is 11.3 Å². The highest BCUT2D eigenvalue weighted by atomic mass is 35.5. The summed E-state index contributed by atoms with van der Waals surface area (Å²) in [6.45, 7) is 5.97. The maximum absolute atomic E-state index is 11.6. The van der Waals surface area contributed by atoms with Crippen LogP contribution >= 0.6 is 22.9 Å². The van der Waals surface area contributed by atoms with E-state index in [1.54, 1.807) is 13.0 Å². The van der Waals surface area contributed by atoms with Gasteiger partial charge in [0.15, 0.2) is 5.13 Å². The summed E-state index contributed by atoms with van der Waals surface area (Å²) in [5, 5.41) is 8.16. The van der Waals surface area contributed by atoms with E-state index in [0.29, 0.717) is 12.2 Å². The number of halogens is 1. The van der Waals surface area contributed by atoms with Crippen molar-refractivity contribution in [3.05, 3.63) is 42.3 Å². The molecule has 0 fully saturated rings. The number of nitrogens with one attached hydrogen (secondary N) is 2. The molecule has 1 heterocycles. The number of rotatable bonds is 6. The van der Waals surface area contributed by atoms with E-state index in [9.17, 15) is 4.79 Å². The molecule has 6 heteroatoms. The Bertz CT molecular complexity index is 639. The average Bonchev–Trinajstić information content (AvgIpc) is 2.94. The van der Waals surface area contributed by atoms with Crippen LogP contribution in [0.1, 0.15) is 6.92 Å². The van der Waals surface area contributed by atoms with Gasteiger partial charge in [-0.2, -0.15) is 0 Å². The van der Waals surface area contributed by atoms with Crippen molar-refractivity contribution in [3.63, 3.8) is 0 Å². The van der Waals surface area contributed by atoms with Crippen molar-refractivity contribution in [3.8, 4) is 11.3 Å². The molecule has 0 aliphatic heterocycles. The zero-order valence-electron chi connectivity index (χ0n) is 11.6. The molecule has 2 aromatic rings. The van der Waals surface area contributed by atoms with E-state index < -0.39 is 5.38 Å². The normalized spacial score (nSPS) is 11.7. The molecule has 0 bridgehead atoms. The molecular weight excluding hydrogens is 306 g/mol. The topological polar surface area (TPSA) is 54.0 Å². The highest BCUT2D eigenvalue weighted by molar-refractivity contribution is 7.14. The summed E-state index contributed by atoms with van der Waals surface area (Å²) in [5.41, 5.74) is 2.51. The number of carbonyl (C=O) groups is 1. The first-order valence-electron chi connectivity index (χ1n) is 6.46. The first kappa shape index (κ1) is 15.5. The fourth-order valence-corrected chi connectivity index (χ4v) is 2.43. The van der Waals surface area contributed by atoms with Crippen molar-refractivity contribution in [2.45, 2.75) is 12.3 Å². The Hall–Kier alpha value is -1.85. The number of thiazole rings is 1. The standard InChI is InChI=1S/C15H16ClN3OS/c1-3-7-17-15-19-13(9-21-15)11-5-4-6-12(8-11)18-14(20)10(2)16/h3-6,8-10H,1,7H2,2H3,(H,17,19)(H,18,20). The second-order valence-electron chi connectivity index (χ2n) is 4.39. The number of amides is 1. The zero-order valence-corrected chi connectivity index (χ0v) is 13.2. The molecule has 21 heavy (non-hydrogen) atoms. The molecule has 0 spiro atoms. The van der Waals surface area contributed by atoms with Crippen LogP contribution in [-0.4, -0.2) is 22.8 Å². The van der Waals surface area contributed by atoms with Crippen LogP contribution in [0.3, 0.4) is 0 Å². The summed E-state index contributed by atoms with van der Waals surface area (Å²) in [6, 6.07) is 7.53. The molecule has 0 aliphatic carbocycles. The number of alkyl halides is 1. The second-order valence-corrected chi connectivity index (χ2v) is 5.91. The van der Waals surface area contributed by atoms with Gasteiger partial charge in [-0.25, -0.2) is 4.98 Å². The molecule has 1 atom stereocenters. The van der Waals surface area contributed by atoms with Gasteiger partial charge in [0.2, 0.25) is 5.91 Å². The minimum absolute atomic E-state index is 0.222. The van der Waals surface area contributed by atoms with Gasteiger partial charge in [0.25, 0.3) is 0 Å². The van der Waals surface area contributed by atoms with Crippen molar-refractivity contribution in [2.75, 3.05) is 17.2 Å². The van der Waals surface area contributed by atoms with E-state index in [1.165, 1.54) is 11.3 Å². The monoisotopic (exact) mass is 321 g/mol. The second kappa shape index (κ2) is 7.24. The Kier molecular flexibility index (Phi) is 5.36. The van der Waals surface area contributed by atoms with Gasteiger partial charge in [0, 0.05) is 23.2 Å². The Morgan fingerprint density at radius 1 is 1.57 bits per heavy atom. The van der Waals surface area contributed by atoms with Crippen LogP contribution in [0.5, 0.6) is 0 Å². The van der Waals surface area contributed by atoms with Crippen molar-refractivity contribution in [1.29, 1.82) is 0 Å². The fraction of sp³-hybridized carbons (Fsp3) is 0.200. The van der Waals surface area contributed by atoms with Gasteiger partial charge in [-0.15, -0.1) is 29.5 Å². The Labute approximate surface area is 132 Å². The maximum Gasteiger partial charge on any atom is 0.242 e. The van der Waals surface area contributed by atoms with E-state index in [-0.39, 0.29) is 5.91 Å². The summed E-state index contributed by atoms with van der Waals surface area (Å²) >= 11 is 7.28. The van der Waals surface area contributed by atoms with Gasteiger partial charge in [-0.1, -0.05) is 18.2 Å². The van der Waals surface area contributed by atoms with Crippen molar-refractivity contribution >= 4 is 39.7 Å². The van der Waals surface area contributed by atoms with Crippen molar-refractivity contribution < 1.29 is 4.79 Å². The number of hydrogen-bond acceptors (Lipinski definition) is 4. The Balaban J connectivity index is 2.15. The Morgan fingerprint density at radius 3 is 3.10 bits per heavy atom. The van der Waals surface area contributed by atoms with Crippen LogP contribution in [-0.2, 0) is 4.79 Å². The van der Waals surface area contributed by atoms with Gasteiger partial charge < -0.3 is 10.6 Å². The highest BCUT2D eigenvalue weighted by Gasteiger charge is 2.10. The van der Waals surface area contributed by atoms with Gasteiger partial charge in [0.1, 0.15) is 5.38 Å². The van der Waals surface area contributed by atoms with Gasteiger partial charge in [-0.3, -0.25) is 4.79 Å². The predicted octanol–water partition coefficient (Wildman–Crippen LogP) is 3.97. The molecule has 2 rings (SSSR count). The van der Waals surface area contributed by atoms with E-state index in [1.807, 2.05) is 29.6 Å². The smallest absolute Gasteiger partial charge is 0.242 e. The third-order valence-corrected chi connectivity index (χ3v) is 3.69. The molecule has 1 aromatic carbocycles. The molecule has 1 unspecified atom stereocenters. The maximum atomic E-state index is 11.6. The van der Waals surface area contributed by atoms with Crippen LogP contribution in [0, 0.1) is 0 Å². The number of benzene rings is 1. The summed E-state index contributed by atoms with van der Waals surface area (Å²) in [4.78, 5) is 16.1. The van der Waals surface area contributed by atoms with Crippen LogP contribution in [0.4, 0.5) is 10.8 Å². The molecule has 0 radical (unpaired) electrons. The third-order valence-electron chi connectivity index (χ3n) is 2.69. The quantitative estimate of drug-likeness (QED) is 0.625. The minimum atomic E-state index is -0.567. The van der Waals surface area contributed by atoms with Crippen LogP contribution in [0.15, 0.2) is 42.3 Å². The molecule has 110 valence electrons. The van der Waals surface area contributed by atoms with Crippen LogP contribution < -0.4 is 10.6 Å². The lowest BCUT2D eigenvalue weighted by molar-refractivity contribution is -0.115. The number of nitrogens with zero attached hydrogens (tertiary/aromatic N) is 1. The number of hydrogen-bond donors (Lipinski definition) is 2. The van der Waals surface area contributed by atoms with E-state index in [2.05, 4.69) is 22.2 Å². The number of aromatic nitrogens is 1.